The summed E-state index contributed by atoms with van der Waals surface area (Å²) in [6.07, 6.45) is 3.78. The highest BCUT2D eigenvalue weighted by molar-refractivity contribution is 5.84. The first-order chi connectivity index (χ1) is 10.6. The summed E-state index contributed by atoms with van der Waals surface area (Å²) in [6.45, 7) is 6.87. The Morgan fingerprint density at radius 2 is 2.23 bits per heavy atom. The van der Waals surface area contributed by atoms with Gasteiger partial charge in [-0.05, 0) is 39.5 Å². The average molecular weight is 301 g/mol. The average Bonchev–Trinajstić information content (AvgIpc) is 2.68. The van der Waals surface area contributed by atoms with Crippen molar-refractivity contribution in [3.8, 4) is 0 Å². The summed E-state index contributed by atoms with van der Waals surface area (Å²) in [5.41, 5.74) is 3.93. The minimum atomic E-state index is -0.206. The molecule has 1 atom stereocenters. The topological polar surface area (TPSA) is 71.3 Å². The van der Waals surface area contributed by atoms with Crippen molar-refractivity contribution in [2.24, 2.45) is 0 Å². The van der Waals surface area contributed by atoms with Gasteiger partial charge in [0.05, 0.1) is 5.69 Å². The number of hydrogen-bond acceptors (Lipinski definition) is 4. The molecule has 1 aliphatic rings. The van der Waals surface area contributed by atoms with Crippen LogP contribution in [0, 0.1) is 13.8 Å². The Morgan fingerprint density at radius 3 is 3.00 bits per heavy atom. The van der Waals surface area contributed by atoms with Crippen LogP contribution < -0.4 is 10.6 Å². The normalized spacial score (nSPS) is 19.0. The largest absolute Gasteiger partial charge is 0.358 e. The Hall–Kier alpha value is -2.11. The molecule has 1 aliphatic heterocycles. The third-order valence-electron chi connectivity index (χ3n) is 4.33. The maximum Gasteiger partial charge on any atom is 0.242 e. The zero-order valence-electron chi connectivity index (χ0n) is 13.4. The Balaban J connectivity index is 2.01. The molecular weight excluding hydrogens is 278 g/mol. The highest BCUT2D eigenvalue weighted by Gasteiger charge is 2.22. The third-order valence-corrected chi connectivity index (χ3v) is 4.33. The van der Waals surface area contributed by atoms with Crippen LogP contribution in [0.5, 0.6) is 0 Å². The van der Waals surface area contributed by atoms with Gasteiger partial charge >= 0.3 is 0 Å². The van der Waals surface area contributed by atoms with Crippen LogP contribution in [0.3, 0.4) is 0 Å². The number of nitrogens with one attached hydrogen (secondary N) is 2. The fourth-order valence-electron chi connectivity index (χ4n) is 2.82. The molecule has 0 aliphatic carbocycles. The molecule has 3 heterocycles. The Labute approximate surface area is 130 Å². The first-order valence-electron chi connectivity index (χ1n) is 8.00. The van der Waals surface area contributed by atoms with E-state index in [0.717, 1.165) is 60.6 Å². The maximum atomic E-state index is 12.2. The molecule has 0 aromatic carbocycles. The Kier molecular flexibility index (Phi) is 4.00. The first-order valence-corrected chi connectivity index (χ1v) is 8.00. The summed E-state index contributed by atoms with van der Waals surface area (Å²) in [5, 5.41) is 10.9. The number of amides is 1. The van der Waals surface area contributed by atoms with Crippen LogP contribution in [0.4, 0.5) is 5.82 Å². The molecule has 0 saturated carbocycles. The van der Waals surface area contributed by atoms with E-state index in [4.69, 9.17) is 0 Å². The van der Waals surface area contributed by atoms with Crippen molar-refractivity contribution in [2.45, 2.75) is 52.5 Å². The summed E-state index contributed by atoms with van der Waals surface area (Å²) in [5.74, 6) is 0.918. The summed E-state index contributed by atoms with van der Waals surface area (Å²) in [6, 6.07) is 1.79. The van der Waals surface area contributed by atoms with E-state index in [0.29, 0.717) is 0 Å². The fraction of sp³-hybridized carbons (Fsp3) is 0.562. The van der Waals surface area contributed by atoms with E-state index >= 15 is 0 Å². The summed E-state index contributed by atoms with van der Waals surface area (Å²) in [4.78, 5) is 16.8. The van der Waals surface area contributed by atoms with E-state index in [9.17, 15) is 4.79 Å². The van der Waals surface area contributed by atoms with Gasteiger partial charge in [-0.1, -0.05) is 6.92 Å². The monoisotopic (exact) mass is 301 g/mol. The fourth-order valence-corrected chi connectivity index (χ4v) is 2.82. The number of carbonyl (C=O) groups excluding carboxylic acids is 1. The van der Waals surface area contributed by atoms with Crippen molar-refractivity contribution in [2.75, 3.05) is 11.9 Å². The van der Waals surface area contributed by atoms with Crippen LogP contribution in [0.25, 0.3) is 5.65 Å². The minimum Gasteiger partial charge on any atom is -0.358 e. The molecule has 2 aromatic heterocycles. The van der Waals surface area contributed by atoms with Gasteiger partial charge < -0.3 is 10.6 Å². The number of aromatic nitrogens is 3. The van der Waals surface area contributed by atoms with Crippen molar-refractivity contribution in [3.63, 3.8) is 0 Å². The molecule has 6 heteroatoms. The van der Waals surface area contributed by atoms with Crippen LogP contribution in [0.15, 0.2) is 6.07 Å². The van der Waals surface area contributed by atoms with Crippen LogP contribution >= 0.6 is 0 Å². The summed E-state index contributed by atoms with van der Waals surface area (Å²) < 4.78 is 1.82. The van der Waals surface area contributed by atoms with Crippen molar-refractivity contribution in [3.05, 3.63) is 23.0 Å². The third kappa shape index (κ3) is 2.65. The lowest BCUT2D eigenvalue weighted by Gasteiger charge is -2.17. The van der Waals surface area contributed by atoms with Crippen LogP contribution in [0.2, 0.25) is 0 Å². The van der Waals surface area contributed by atoms with Gasteiger partial charge in [0.15, 0.2) is 5.65 Å². The van der Waals surface area contributed by atoms with Gasteiger partial charge in [-0.15, -0.1) is 0 Å². The number of rotatable bonds is 3. The molecule has 118 valence electrons. The van der Waals surface area contributed by atoms with E-state index in [1.165, 1.54) is 0 Å². The molecule has 2 aromatic rings. The van der Waals surface area contributed by atoms with Crippen LogP contribution in [0.1, 0.15) is 43.1 Å². The van der Waals surface area contributed by atoms with Gasteiger partial charge in [-0.2, -0.15) is 9.61 Å². The second-order valence-electron chi connectivity index (χ2n) is 5.92. The van der Waals surface area contributed by atoms with Gasteiger partial charge in [0.1, 0.15) is 11.9 Å². The standard InChI is InChI=1S/C16H23N5O/c1-4-12-9-14(19-13-7-5-6-8-17-16(13)22)21-15(18-12)10(2)11(3)20-21/h9,13,19H,4-8H2,1-3H3,(H,17,22)/t13-/m0/s1. The smallest absolute Gasteiger partial charge is 0.242 e. The predicted molar refractivity (Wildman–Crippen MR) is 86.1 cm³/mol. The highest BCUT2D eigenvalue weighted by atomic mass is 16.2. The number of fused-ring (bicyclic) bond motifs is 1. The van der Waals surface area contributed by atoms with E-state index in [2.05, 4.69) is 27.6 Å². The van der Waals surface area contributed by atoms with Crippen LogP contribution in [-0.4, -0.2) is 33.1 Å². The van der Waals surface area contributed by atoms with Crippen molar-refractivity contribution >= 4 is 17.4 Å². The Morgan fingerprint density at radius 1 is 1.41 bits per heavy atom. The molecular formula is C16H23N5O. The van der Waals surface area contributed by atoms with Crippen molar-refractivity contribution in [1.29, 1.82) is 0 Å². The number of nitrogens with zero attached hydrogens (tertiary/aromatic N) is 3. The number of aryl methyl sites for hydroxylation is 3. The first kappa shape index (κ1) is 14.8. The molecule has 1 amide bonds. The number of carbonyl (C=O) groups is 1. The number of hydrogen-bond donors (Lipinski definition) is 2. The zero-order valence-corrected chi connectivity index (χ0v) is 13.4. The summed E-state index contributed by atoms with van der Waals surface area (Å²) in [7, 11) is 0. The number of anilines is 1. The molecule has 0 bridgehead atoms. The molecule has 0 spiro atoms. The zero-order chi connectivity index (χ0) is 15.7. The summed E-state index contributed by atoms with van der Waals surface area (Å²) >= 11 is 0. The lowest BCUT2D eigenvalue weighted by molar-refractivity contribution is -0.121. The van der Waals surface area contributed by atoms with Gasteiger partial charge in [0.2, 0.25) is 5.91 Å². The second-order valence-corrected chi connectivity index (χ2v) is 5.92. The van der Waals surface area contributed by atoms with Gasteiger partial charge in [0, 0.05) is 23.9 Å². The highest BCUT2D eigenvalue weighted by Crippen LogP contribution is 2.20. The lowest BCUT2D eigenvalue weighted by atomic mass is 10.1. The maximum absolute atomic E-state index is 12.2. The lowest BCUT2D eigenvalue weighted by Crippen LogP contribution is -2.38. The van der Waals surface area contributed by atoms with E-state index in [1.807, 2.05) is 24.4 Å². The van der Waals surface area contributed by atoms with Gasteiger partial charge in [-0.25, -0.2) is 4.98 Å². The van der Waals surface area contributed by atoms with Gasteiger partial charge in [-0.3, -0.25) is 4.79 Å². The molecule has 6 nitrogen and oxygen atoms in total. The quantitative estimate of drug-likeness (QED) is 0.909. The SMILES string of the molecule is CCc1cc(N[C@H]2CCCCNC2=O)n2nc(C)c(C)c2n1. The molecule has 3 rings (SSSR count). The molecule has 0 radical (unpaired) electrons. The predicted octanol–water partition coefficient (Wildman–Crippen LogP) is 1.99. The molecule has 22 heavy (non-hydrogen) atoms. The van der Waals surface area contributed by atoms with Gasteiger partial charge in [0.25, 0.3) is 0 Å². The molecule has 2 N–H and O–H groups in total. The van der Waals surface area contributed by atoms with Crippen molar-refractivity contribution in [1.82, 2.24) is 19.9 Å². The minimum absolute atomic E-state index is 0.0705. The van der Waals surface area contributed by atoms with Crippen LogP contribution in [-0.2, 0) is 11.2 Å². The van der Waals surface area contributed by atoms with E-state index in [-0.39, 0.29) is 11.9 Å². The Bertz CT molecular complexity index is 706. The van der Waals surface area contributed by atoms with E-state index < -0.39 is 0 Å². The van der Waals surface area contributed by atoms with Crippen molar-refractivity contribution < 1.29 is 4.79 Å². The van der Waals surface area contributed by atoms with E-state index in [1.54, 1.807) is 0 Å². The molecule has 1 saturated heterocycles. The second kappa shape index (κ2) is 5.94. The molecule has 0 unspecified atom stereocenters. The molecule has 1 fully saturated rings.